The van der Waals surface area contributed by atoms with Crippen molar-refractivity contribution >= 4 is 28.9 Å². The molecule has 2 aliphatic rings. The van der Waals surface area contributed by atoms with Crippen LogP contribution in [0.2, 0.25) is 0 Å². The third kappa shape index (κ3) is 3.11. The van der Waals surface area contributed by atoms with Crippen LogP contribution in [0.1, 0.15) is 15.2 Å². The third-order valence-electron chi connectivity index (χ3n) is 5.31. The maximum atomic E-state index is 13.4. The van der Waals surface area contributed by atoms with Crippen molar-refractivity contribution in [2.45, 2.75) is 12.5 Å². The zero-order valence-corrected chi connectivity index (χ0v) is 17.1. The van der Waals surface area contributed by atoms with Crippen LogP contribution >= 0.6 is 11.3 Å². The van der Waals surface area contributed by atoms with Crippen molar-refractivity contribution in [1.29, 1.82) is 0 Å². The van der Waals surface area contributed by atoms with Gasteiger partial charge in [0.15, 0.2) is 11.5 Å². The van der Waals surface area contributed by atoms with Crippen LogP contribution in [0.4, 0.5) is 5.69 Å². The summed E-state index contributed by atoms with van der Waals surface area (Å²) in [6.45, 7) is 1.07. The normalized spacial score (nSPS) is 16.8. The van der Waals surface area contributed by atoms with Gasteiger partial charge in [0.2, 0.25) is 0 Å². The van der Waals surface area contributed by atoms with E-state index in [1.165, 1.54) is 18.4 Å². The Balaban J connectivity index is 1.47. The molecular formula is C23H19NO5S. The van der Waals surface area contributed by atoms with Gasteiger partial charge in [0, 0.05) is 17.0 Å². The predicted molar refractivity (Wildman–Crippen MR) is 114 cm³/mol. The van der Waals surface area contributed by atoms with Crippen LogP contribution in [-0.2, 0) is 16.0 Å². The molecule has 30 heavy (non-hydrogen) atoms. The molecule has 6 nitrogen and oxygen atoms in total. The van der Waals surface area contributed by atoms with E-state index in [9.17, 15) is 9.59 Å². The number of rotatable bonds is 3. The van der Waals surface area contributed by atoms with E-state index in [4.69, 9.17) is 14.2 Å². The van der Waals surface area contributed by atoms with Crippen LogP contribution < -0.4 is 14.4 Å². The molecule has 1 unspecified atom stereocenters. The molecule has 5 rings (SSSR count). The highest BCUT2D eigenvalue weighted by Gasteiger charge is 2.39. The quantitative estimate of drug-likeness (QED) is 0.600. The molecule has 1 amide bonds. The minimum absolute atomic E-state index is 0.204. The van der Waals surface area contributed by atoms with Gasteiger partial charge in [-0.05, 0) is 47.5 Å². The number of nitrogens with zero attached hydrogens (tertiary/aromatic N) is 1. The summed E-state index contributed by atoms with van der Waals surface area (Å²) in [5, 5.41) is 0. The van der Waals surface area contributed by atoms with Gasteiger partial charge in [-0.1, -0.05) is 18.2 Å². The maximum Gasteiger partial charge on any atom is 0.329 e. The molecule has 2 aliphatic heterocycles. The van der Waals surface area contributed by atoms with Gasteiger partial charge in [-0.2, -0.15) is 0 Å². The van der Waals surface area contributed by atoms with E-state index in [0.29, 0.717) is 30.3 Å². The van der Waals surface area contributed by atoms with Crippen LogP contribution in [0.25, 0.3) is 10.4 Å². The number of ether oxygens (including phenoxy) is 3. The topological polar surface area (TPSA) is 65.1 Å². The fraction of sp³-hybridized carbons (Fsp3) is 0.217. The SMILES string of the molecule is COC(=O)C1Cc2ccccc2N1C(=O)c1ccc(-c2ccc3c(c2)OCCO3)s1. The van der Waals surface area contributed by atoms with Crippen molar-refractivity contribution in [3.8, 4) is 21.9 Å². The van der Waals surface area contributed by atoms with Crippen molar-refractivity contribution in [3.05, 3.63) is 65.0 Å². The van der Waals surface area contributed by atoms with E-state index in [0.717, 1.165) is 27.4 Å². The standard InChI is InChI=1S/C23H19NO5S/c1-27-23(26)17-12-14-4-2-3-5-16(14)24(17)22(25)21-9-8-20(30-21)15-6-7-18-19(13-15)29-11-10-28-18/h2-9,13,17H,10-12H2,1H3. The Morgan fingerprint density at radius 3 is 2.67 bits per heavy atom. The van der Waals surface area contributed by atoms with Gasteiger partial charge in [-0.25, -0.2) is 4.79 Å². The van der Waals surface area contributed by atoms with E-state index >= 15 is 0 Å². The highest BCUT2D eigenvalue weighted by Crippen LogP contribution is 2.39. The number of amides is 1. The number of anilines is 1. The monoisotopic (exact) mass is 421 g/mol. The Morgan fingerprint density at radius 1 is 1.03 bits per heavy atom. The first-order chi connectivity index (χ1) is 14.7. The highest BCUT2D eigenvalue weighted by molar-refractivity contribution is 7.17. The van der Waals surface area contributed by atoms with E-state index in [2.05, 4.69) is 0 Å². The Kier molecular flexibility index (Phi) is 4.67. The third-order valence-corrected chi connectivity index (χ3v) is 6.43. The molecular weight excluding hydrogens is 402 g/mol. The fourth-order valence-corrected chi connectivity index (χ4v) is 4.82. The molecule has 0 saturated heterocycles. The van der Waals surface area contributed by atoms with Crippen molar-refractivity contribution < 1.29 is 23.8 Å². The largest absolute Gasteiger partial charge is 0.486 e. The average molecular weight is 421 g/mol. The average Bonchev–Trinajstić information content (AvgIpc) is 3.43. The number of thiophene rings is 1. The lowest BCUT2D eigenvalue weighted by atomic mass is 10.1. The highest BCUT2D eigenvalue weighted by atomic mass is 32.1. The molecule has 1 atom stereocenters. The van der Waals surface area contributed by atoms with Crippen molar-refractivity contribution in [3.63, 3.8) is 0 Å². The minimum atomic E-state index is -0.653. The van der Waals surface area contributed by atoms with Gasteiger partial charge in [-0.3, -0.25) is 9.69 Å². The first kappa shape index (κ1) is 18.7. The molecule has 0 saturated carbocycles. The van der Waals surface area contributed by atoms with Crippen LogP contribution in [0, 0.1) is 0 Å². The molecule has 0 aliphatic carbocycles. The number of hydrogen-bond donors (Lipinski definition) is 0. The minimum Gasteiger partial charge on any atom is -0.486 e. The molecule has 0 bridgehead atoms. The number of hydrogen-bond acceptors (Lipinski definition) is 6. The van der Waals surface area contributed by atoms with Gasteiger partial charge in [0.05, 0.1) is 12.0 Å². The smallest absolute Gasteiger partial charge is 0.329 e. The molecule has 3 aromatic rings. The van der Waals surface area contributed by atoms with Gasteiger partial charge in [0.25, 0.3) is 5.91 Å². The van der Waals surface area contributed by atoms with Gasteiger partial charge < -0.3 is 14.2 Å². The van der Waals surface area contributed by atoms with Crippen molar-refractivity contribution in [2.75, 3.05) is 25.2 Å². The second-order valence-electron chi connectivity index (χ2n) is 7.07. The molecule has 152 valence electrons. The second kappa shape index (κ2) is 7.50. The number of esters is 1. The number of carbonyl (C=O) groups excluding carboxylic acids is 2. The molecule has 0 N–H and O–H groups in total. The number of benzene rings is 2. The van der Waals surface area contributed by atoms with Crippen molar-refractivity contribution in [2.24, 2.45) is 0 Å². The Bertz CT molecular complexity index is 1140. The lowest BCUT2D eigenvalue weighted by molar-refractivity contribution is -0.141. The van der Waals surface area contributed by atoms with Crippen LogP contribution in [0.5, 0.6) is 11.5 Å². The molecule has 3 heterocycles. The summed E-state index contributed by atoms with van der Waals surface area (Å²) in [4.78, 5) is 28.8. The Labute approximate surface area is 177 Å². The summed E-state index contributed by atoms with van der Waals surface area (Å²) in [7, 11) is 1.35. The molecule has 0 radical (unpaired) electrons. The zero-order chi connectivity index (χ0) is 20.7. The maximum absolute atomic E-state index is 13.4. The number of para-hydroxylation sites is 1. The molecule has 0 fully saturated rings. The van der Waals surface area contributed by atoms with E-state index in [1.807, 2.05) is 48.5 Å². The fourth-order valence-electron chi connectivity index (χ4n) is 3.88. The predicted octanol–water partition coefficient (Wildman–Crippen LogP) is 3.93. The zero-order valence-electron chi connectivity index (χ0n) is 16.3. The summed E-state index contributed by atoms with van der Waals surface area (Å²) < 4.78 is 16.2. The first-order valence-electron chi connectivity index (χ1n) is 9.65. The van der Waals surface area contributed by atoms with Gasteiger partial charge in [0.1, 0.15) is 19.3 Å². The van der Waals surface area contributed by atoms with E-state index < -0.39 is 12.0 Å². The molecule has 7 heteroatoms. The van der Waals surface area contributed by atoms with E-state index in [-0.39, 0.29) is 5.91 Å². The molecule has 0 spiro atoms. The van der Waals surface area contributed by atoms with Crippen LogP contribution in [0.15, 0.2) is 54.6 Å². The molecule has 1 aromatic heterocycles. The van der Waals surface area contributed by atoms with Crippen LogP contribution in [0.3, 0.4) is 0 Å². The Morgan fingerprint density at radius 2 is 1.83 bits per heavy atom. The summed E-state index contributed by atoms with van der Waals surface area (Å²) in [6.07, 6.45) is 0.453. The van der Waals surface area contributed by atoms with Gasteiger partial charge in [-0.15, -0.1) is 11.3 Å². The summed E-state index contributed by atoms with van der Waals surface area (Å²) in [5.41, 5.74) is 2.67. The van der Waals surface area contributed by atoms with Crippen molar-refractivity contribution in [1.82, 2.24) is 0 Å². The second-order valence-corrected chi connectivity index (χ2v) is 8.15. The number of fused-ring (bicyclic) bond motifs is 2. The van der Waals surface area contributed by atoms with E-state index in [1.54, 1.807) is 11.0 Å². The number of carbonyl (C=O) groups is 2. The summed E-state index contributed by atoms with van der Waals surface area (Å²) >= 11 is 1.39. The molecule has 2 aromatic carbocycles. The summed E-state index contributed by atoms with van der Waals surface area (Å²) in [6, 6.07) is 16.4. The lowest BCUT2D eigenvalue weighted by Crippen LogP contribution is -2.43. The van der Waals surface area contributed by atoms with Crippen LogP contribution in [-0.4, -0.2) is 38.2 Å². The summed E-state index contributed by atoms with van der Waals surface area (Å²) in [5.74, 6) is 0.819. The number of methoxy groups -OCH3 is 1. The first-order valence-corrected chi connectivity index (χ1v) is 10.5. The van der Waals surface area contributed by atoms with Gasteiger partial charge >= 0.3 is 5.97 Å². The lowest BCUT2D eigenvalue weighted by Gasteiger charge is -2.23. The Hall–Kier alpha value is -3.32.